The Kier molecular flexibility index (Phi) is 5.91. The fourth-order valence-electron chi connectivity index (χ4n) is 0.881. The molecular weight excluding hydrogens is 318 g/mol. The molecule has 5 nitrogen and oxygen atoms in total. The van der Waals surface area contributed by atoms with Gasteiger partial charge in [0.25, 0.3) is 0 Å². The van der Waals surface area contributed by atoms with Crippen molar-refractivity contribution in [3.05, 3.63) is 0 Å². The molecule has 0 aromatic rings. The SMILES string of the molecule is CCC(C)(CBr)NS(=O)(=O)CCS(C)(=O)=O. The first kappa shape index (κ1) is 16.3. The minimum absolute atomic E-state index is 0.357. The van der Waals surface area contributed by atoms with Crippen molar-refractivity contribution in [3.8, 4) is 0 Å². The topological polar surface area (TPSA) is 80.3 Å². The lowest BCUT2D eigenvalue weighted by atomic mass is 10.0. The van der Waals surface area contributed by atoms with Gasteiger partial charge in [-0.25, -0.2) is 21.6 Å². The number of hydrogen-bond acceptors (Lipinski definition) is 4. The number of sulfonamides is 1. The summed E-state index contributed by atoms with van der Waals surface area (Å²) in [4.78, 5) is 0. The maximum atomic E-state index is 11.6. The molecule has 1 unspecified atom stereocenters. The molecule has 0 bridgehead atoms. The van der Waals surface area contributed by atoms with Crippen molar-refractivity contribution in [2.24, 2.45) is 0 Å². The van der Waals surface area contributed by atoms with Crippen molar-refractivity contribution >= 4 is 35.8 Å². The second kappa shape index (κ2) is 5.79. The quantitative estimate of drug-likeness (QED) is 0.687. The summed E-state index contributed by atoms with van der Waals surface area (Å²) in [6.07, 6.45) is 1.64. The van der Waals surface area contributed by atoms with Gasteiger partial charge < -0.3 is 0 Å². The minimum atomic E-state index is -3.56. The summed E-state index contributed by atoms with van der Waals surface area (Å²) in [7, 11) is -6.81. The van der Waals surface area contributed by atoms with Gasteiger partial charge in [0.15, 0.2) is 0 Å². The Hall–Kier alpha value is 0.340. The summed E-state index contributed by atoms with van der Waals surface area (Å²) in [5.41, 5.74) is -0.573. The zero-order chi connectivity index (χ0) is 13.0. The van der Waals surface area contributed by atoms with E-state index in [0.29, 0.717) is 11.8 Å². The van der Waals surface area contributed by atoms with E-state index in [1.165, 1.54) is 0 Å². The van der Waals surface area contributed by atoms with Gasteiger partial charge in [0.05, 0.1) is 11.5 Å². The second-order valence-corrected chi connectivity index (χ2v) is 8.76. The first-order valence-electron chi connectivity index (χ1n) is 4.79. The molecule has 1 atom stereocenters. The van der Waals surface area contributed by atoms with E-state index < -0.39 is 31.2 Å². The Morgan fingerprint density at radius 2 is 1.69 bits per heavy atom. The number of rotatable bonds is 7. The van der Waals surface area contributed by atoms with E-state index in [9.17, 15) is 16.8 Å². The van der Waals surface area contributed by atoms with Crippen LogP contribution in [0.1, 0.15) is 20.3 Å². The Bertz CT molecular complexity index is 411. The van der Waals surface area contributed by atoms with Crippen LogP contribution in [-0.4, -0.2) is 45.5 Å². The molecule has 1 N–H and O–H groups in total. The van der Waals surface area contributed by atoms with Gasteiger partial charge >= 0.3 is 0 Å². The Labute approximate surface area is 106 Å². The molecule has 0 saturated heterocycles. The molecule has 0 heterocycles. The summed E-state index contributed by atoms with van der Waals surface area (Å²) in [6, 6.07) is 0. The van der Waals surface area contributed by atoms with Crippen LogP contribution >= 0.6 is 15.9 Å². The van der Waals surface area contributed by atoms with Crippen molar-refractivity contribution in [2.45, 2.75) is 25.8 Å². The third-order valence-corrected chi connectivity index (χ3v) is 6.19. The smallest absolute Gasteiger partial charge is 0.213 e. The molecule has 98 valence electrons. The number of sulfone groups is 1. The molecule has 0 rings (SSSR count). The van der Waals surface area contributed by atoms with Crippen molar-refractivity contribution < 1.29 is 16.8 Å². The van der Waals surface area contributed by atoms with Crippen LogP contribution in [-0.2, 0) is 19.9 Å². The van der Waals surface area contributed by atoms with E-state index in [2.05, 4.69) is 20.7 Å². The van der Waals surface area contributed by atoms with Gasteiger partial charge in [-0.1, -0.05) is 22.9 Å². The third-order valence-electron chi connectivity index (χ3n) is 2.20. The highest BCUT2D eigenvalue weighted by atomic mass is 79.9. The number of hydrogen-bond donors (Lipinski definition) is 1. The lowest BCUT2D eigenvalue weighted by molar-refractivity contribution is 0.450. The van der Waals surface area contributed by atoms with E-state index in [1.54, 1.807) is 6.92 Å². The van der Waals surface area contributed by atoms with Gasteiger partial charge in [-0.2, -0.15) is 0 Å². The lowest BCUT2D eigenvalue weighted by Gasteiger charge is -2.26. The molecule has 0 radical (unpaired) electrons. The highest BCUT2D eigenvalue weighted by Crippen LogP contribution is 2.14. The molecule has 16 heavy (non-hydrogen) atoms. The lowest BCUT2D eigenvalue weighted by Crippen LogP contribution is -2.48. The molecule has 0 aliphatic heterocycles. The van der Waals surface area contributed by atoms with Crippen LogP contribution < -0.4 is 4.72 Å². The van der Waals surface area contributed by atoms with Crippen molar-refractivity contribution in [3.63, 3.8) is 0 Å². The highest BCUT2D eigenvalue weighted by molar-refractivity contribution is 9.09. The van der Waals surface area contributed by atoms with Crippen LogP contribution in [0.5, 0.6) is 0 Å². The number of halogens is 1. The maximum absolute atomic E-state index is 11.6. The average Bonchev–Trinajstić information content (AvgIpc) is 2.13. The molecular formula is C8H18BrNO4S2. The van der Waals surface area contributed by atoms with Gasteiger partial charge in [0, 0.05) is 17.1 Å². The van der Waals surface area contributed by atoms with E-state index >= 15 is 0 Å². The van der Waals surface area contributed by atoms with E-state index in [4.69, 9.17) is 0 Å². The van der Waals surface area contributed by atoms with Crippen molar-refractivity contribution in [1.29, 1.82) is 0 Å². The molecule has 0 amide bonds. The molecule has 0 aromatic carbocycles. The summed E-state index contributed by atoms with van der Waals surface area (Å²) in [6.45, 7) is 3.63. The molecule has 0 spiro atoms. The van der Waals surface area contributed by atoms with Crippen LogP contribution in [0.15, 0.2) is 0 Å². The van der Waals surface area contributed by atoms with Crippen LogP contribution in [0.2, 0.25) is 0 Å². The van der Waals surface area contributed by atoms with Crippen molar-refractivity contribution in [1.82, 2.24) is 4.72 Å². The Balaban J connectivity index is 4.59. The first-order chi connectivity index (χ1) is 7.04. The zero-order valence-corrected chi connectivity index (χ0v) is 12.9. The Morgan fingerprint density at radius 1 is 1.19 bits per heavy atom. The fraction of sp³-hybridized carbons (Fsp3) is 1.00. The summed E-state index contributed by atoms with van der Waals surface area (Å²) < 4.78 is 47.5. The van der Waals surface area contributed by atoms with Crippen molar-refractivity contribution in [2.75, 3.05) is 23.1 Å². The predicted octanol–water partition coefficient (Wildman–Crippen LogP) is 0.514. The van der Waals surface area contributed by atoms with E-state index in [1.807, 2.05) is 6.92 Å². The van der Waals surface area contributed by atoms with Crippen LogP contribution in [0.3, 0.4) is 0 Å². The van der Waals surface area contributed by atoms with Gasteiger partial charge in [-0.05, 0) is 13.3 Å². The van der Waals surface area contributed by atoms with Crippen LogP contribution in [0, 0.1) is 0 Å². The third kappa shape index (κ3) is 6.82. The summed E-state index contributed by atoms with van der Waals surface area (Å²) in [5, 5.41) is 0.481. The highest BCUT2D eigenvalue weighted by Gasteiger charge is 2.27. The number of nitrogens with one attached hydrogen (secondary N) is 1. The second-order valence-electron chi connectivity index (χ2n) is 4.10. The predicted molar refractivity (Wildman–Crippen MR) is 69.1 cm³/mol. The van der Waals surface area contributed by atoms with Gasteiger partial charge in [0.2, 0.25) is 10.0 Å². The fourth-order valence-corrected chi connectivity index (χ4v) is 4.76. The minimum Gasteiger partial charge on any atom is -0.229 e. The standard InChI is InChI=1S/C8H18BrNO4S2/c1-4-8(2,7-9)10-16(13,14)6-5-15(3,11)12/h10H,4-7H2,1-3H3. The first-order valence-corrected chi connectivity index (χ1v) is 9.62. The molecule has 0 aromatic heterocycles. The maximum Gasteiger partial charge on any atom is 0.213 e. The van der Waals surface area contributed by atoms with Crippen LogP contribution in [0.25, 0.3) is 0 Å². The largest absolute Gasteiger partial charge is 0.229 e. The Morgan fingerprint density at radius 3 is 2.00 bits per heavy atom. The molecule has 0 aliphatic rings. The van der Waals surface area contributed by atoms with Gasteiger partial charge in [-0.15, -0.1) is 0 Å². The summed E-state index contributed by atoms with van der Waals surface area (Å²) in [5.74, 6) is -0.751. The molecule has 0 saturated carbocycles. The average molecular weight is 336 g/mol. The monoisotopic (exact) mass is 335 g/mol. The van der Waals surface area contributed by atoms with Crippen LogP contribution in [0.4, 0.5) is 0 Å². The van der Waals surface area contributed by atoms with E-state index in [0.717, 1.165) is 6.26 Å². The molecule has 0 aliphatic carbocycles. The number of alkyl halides is 1. The summed E-state index contributed by atoms with van der Waals surface area (Å²) >= 11 is 3.23. The van der Waals surface area contributed by atoms with Gasteiger partial charge in [-0.3, -0.25) is 0 Å². The molecule has 8 heteroatoms. The molecule has 0 fully saturated rings. The zero-order valence-electron chi connectivity index (χ0n) is 9.66. The van der Waals surface area contributed by atoms with Gasteiger partial charge in [0.1, 0.15) is 9.84 Å². The van der Waals surface area contributed by atoms with E-state index in [-0.39, 0.29) is 5.75 Å². The normalized spacial score (nSPS) is 17.0.